The van der Waals surface area contributed by atoms with Gasteiger partial charge in [0.15, 0.2) is 5.78 Å². The molecule has 1 rings (SSSR count). The molecule has 0 spiro atoms. The van der Waals surface area contributed by atoms with Crippen LogP contribution in [0.25, 0.3) is 6.08 Å². The van der Waals surface area contributed by atoms with Crippen LogP contribution in [0.2, 0.25) is 0 Å². The van der Waals surface area contributed by atoms with Crippen LogP contribution in [0, 0.1) is 10.1 Å². The number of ketones is 1. The quantitative estimate of drug-likeness (QED) is 0.258. The average Bonchev–Trinajstić information content (AvgIpc) is 2.57. The number of anilines is 1. The lowest BCUT2D eigenvalue weighted by atomic mass is 10.1. The predicted molar refractivity (Wildman–Crippen MR) is 107 cm³/mol. The molecular weight excluding hydrogens is 382 g/mol. The predicted octanol–water partition coefficient (Wildman–Crippen LogP) is 3.74. The Morgan fingerprint density at radius 1 is 1.34 bits per heavy atom. The fourth-order valence-corrected chi connectivity index (χ4v) is 2.19. The topological polar surface area (TPSA) is 148 Å². The van der Waals surface area contributed by atoms with E-state index in [0.717, 1.165) is 12.1 Å². The summed E-state index contributed by atoms with van der Waals surface area (Å²) in [7, 11) is 0. The van der Waals surface area contributed by atoms with Crippen molar-refractivity contribution in [2.24, 2.45) is 0 Å². The van der Waals surface area contributed by atoms with Crippen molar-refractivity contribution in [1.29, 1.82) is 0 Å². The minimum absolute atomic E-state index is 0.0174. The first-order valence-corrected chi connectivity index (χ1v) is 8.53. The number of alkyl carbamates (subject to hydrolysis) is 1. The fraction of sp³-hybridized carbons (Fsp3) is 0.316. The Hall–Kier alpha value is -3.69. The van der Waals surface area contributed by atoms with Gasteiger partial charge in [-0.2, -0.15) is 0 Å². The minimum atomic E-state index is -1.36. The van der Waals surface area contributed by atoms with Crippen LogP contribution in [0.5, 0.6) is 0 Å². The van der Waals surface area contributed by atoms with Gasteiger partial charge < -0.3 is 15.2 Å². The van der Waals surface area contributed by atoms with Crippen molar-refractivity contribution >= 4 is 35.4 Å². The van der Waals surface area contributed by atoms with Crippen molar-refractivity contribution in [3.63, 3.8) is 0 Å². The number of nitrogens with one attached hydrogen (secondary N) is 2. The normalized spacial score (nSPS) is 12.1. The Bertz CT molecular complexity index is 841. The van der Waals surface area contributed by atoms with Gasteiger partial charge in [-0.1, -0.05) is 6.08 Å². The zero-order valence-corrected chi connectivity index (χ0v) is 16.3. The summed E-state index contributed by atoms with van der Waals surface area (Å²) >= 11 is 0. The SMILES string of the molecule is C=CC[C@H](NC(=O)OC(C)(C)C)C(=O)/C=C/c1ccc(NC(=O)O)cc1[N+](=O)[O-]. The molecule has 1 atom stereocenters. The summed E-state index contributed by atoms with van der Waals surface area (Å²) in [6, 6.07) is 2.71. The van der Waals surface area contributed by atoms with Gasteiger partial charge in [-0.3, -0.25) is 20.2 Å². The molecule has 0 saturated heterocycles. The molecule has 0 aliphatic carbocycles. The second-order valence-electron chi connectivity index (χ2n) is 6.92. The molecule has 156 valence electrons. The van der Waals surface area contributed by atoms with E-state index in [4.69, 9.17) is 9.84 Å². The van der Waals surface area contributed by atoms with Crippen LogP contribution in [-0.2, 0) is 9.53 Å². The summed E-state index contributed by atoms with van der Waals surface area (Å²) in [5.74, 6) is -0.516. The maximum absolute atomic E-state index is 12.4. The molecule has 0 aromatic heterocycles. The van der Waals surface area contributed by atoms with E-state index < -0.39 is 34.5 Å². The van der Waals surface area contributed by atoms with Crippen LogP contribution in [0.15, 0.2) is 36.9 Å². The van der Waals surface area contributed by atoms with Crippen LogP contribution in [0.4, 0.5) is 21.0 Å². The van der Waals surface area contributed by atoms with E-state index in [9.17, 15) is 24.5 Å². The molecular formula is C19H23N3O7. The van der Waals surface area contributed by atoms with Gasteiger partial charge in [0.2, 0.25) is 0 Å². The monoisotopic (exact) mass is 405 g/mol. The van der Waals surface area contributed by atoms with Gasteiger partial charge in [0, 0.05) is 6.07 Å². The number of carbonyl (C=O) groups is 3. The lowest BCUT2D eigenvalue weighted by Gasteiger charge is -2.22. The molecule has 2 amide bonds. The Labute approximate surface area is 167 Å². The number of carbonyl (C=O) groups excluding carboxylic acids is 2. The van der Waals surface area contributed by atoms with Crippen LogP contribution in [0.1, 0.15) is 32.8 Å². The molecule has 3 N–H and O–H groups in total. The molecule has 10 nitrogen and oxygen atoms in total. The van der Waals surface area contributed by atoms with Crippen molar-refractivity contribution in [2.75, 3.05) is 5.32 Å². The Morgan fingerprint density at radius 2 is 2.00 bits per heavy atom. The van der Waals surface area contributed by atoms with E-state index in [2.05, 4.69) is 11.9 Å². The van der Waals surface area contributed by atoms with Crippen LogP contribution in [-0.4, -0.2) is 39.6 Å². The molecule has 0 bridgehead atoms. The average molecular weight is 405 g/mol. The Balaban J connectivity index is 3.02. The number of carboxylic acid groups (broad SMARTS) is 1. The summed E-state index contributed by atoms with van der Waals surface area (Å²) in [4.78, 5) is 45.6. The van der Waals surface area contributed by atoms with Crippen molar-refractivity contribution in [1.82, 2.24) is 5.32 Å². The number of nitrogens with zero attached hydrogens (tertiary/aromatic N) is 1. The first-order valence-electron chi connectivity index (χ1n) is 8.53. The van der Waals surface area contributed by atoms with Crippen molar-refractivity contribution < 1.29 is 29.2 Å². The van der Waals surface area contributed by atoms with Gasteiger partial charge in [-0.25, -0.2) is 9.59 Å². The molecule has 0 aliphatic heterocycles. The van der Waals surface area contributed by atoms with E-state index in [-0.39, 0.29) is 23.4 Å². The third-order valence-electron chi connectivity index (χ3n) is 3.34. The highest BCUT2D eigenvalue weighted by molar-refractivity contribution is 5.99. The molecule has 29 heavy (non-hydrogen) atoms. The molecule has 0 radical (unpaired) electrons. The number of nitro benzene ring substituents is 1. The highest BCUT2D eigenvalue weighted by atomic mass is 16.6. The maximum Gasteiger partial charge on any atom is 0.409 e. The molecule has 1 aromatic rings. The van der Waals surface area contributed by atoms with Crippen molar-refractivity contribution in [2.45, 2.75) is 38.8 Å². The summed E-state index contributed by atoms with van der Waals surface area (Å²) in [5, 5.41) is 24.4. The number of hydrogen-bond donors (Lipinski definition) is 3. The molecule has 0 heterocycles. The van der Waals surface area contributed by atoms with Gasteiger partial charge in [0.1, 0.15) is 5.60 Å². The molecule has 0 fully saturated rings. The van der Waals surface area contributed by atoms with Crippen LogP contribution >= 0.6 is 0 Å². The van der Waals surface area contributed by atoms with Crippen molar-refractivity contribution in [3.05, 3.63) is 52.6 Å². The van der Waals surface area contributed by atoms with E-state index in [1.807, 2.05) is 5.32 Å². The number of amides is 2. The molecule has 0 saturated carbocycles. The lowest BCUT2D eigenvalue weighted by molar-refractivity contribution is -0.385. The highest BCUT2D eigenvalue weighted by Gasteiger charge is 2.22. The van der Waals surface area contributed by atoms with Gasteiger partial charge in [-0.15, -0.1) is 6.58 Å². The third-order valence-corrected chi connectivity index (χ3v) is 3.34. The van der Waals surface area contributed by atoms with Crippen LogP contribution < -0.4 is 10.6 Å². The van der Waals surface area contributed by atoms with E-state index in [1.165, 1.54) is 24.3 Å². The standard InChI is InChI=1S/C19H23N3O7/c1-5-6-14(21-18(26)29-19(2,3)4)16(23)10-8-12-7-9-13(20-17(24)25)11-15(12)22(27)28/h5,7-11,14,20H,1,6H2,2-4H3,(H,21,26)(H,24,25)/b10-8+/t14-/m0/s1. The van der Waals surface area contributed by atoms with E-state index in [0.29, 0.717) is 0 Å². The minimum Gasteiger partial charge on any atom is -0.465 e. The maximum atomic E-state index is 12.4. The van der Waals surface area contributed by atoms with Gasteiger partial charge in [0.05, 0.1) is 22.2 Å². The summed E-state index contributed by atoms with van der Waals surface area (Å²) in [5.41, 5.74) is -1.02. The number of ether oxygens (including phenoxy) is 1. The lowest BCUT2D eigenvalue weighted by Crippen LogP contribution is -2.42. The zero-order chi connectivity index (χ0) is 22.2. The van der Waals surface area contributed by atoms with E-state index in [1.54, 1.807) is 20.8 Å². The van der Waals surface area contributed by atoms with Crippen LogP contribution in [0.3, 0.4) is 0 Å². The Morgan fingerprint density at radius 3 is 2.52 bits per heavy atom. The smallest absolute Gasteiger partial charge is 0.409 e. The second kappa shape index (κ2) is 10.0. The summed E-state index contributed by atoms with van der Waals surface area (Å²) in [6.45, 7) is 8.58. The second-order valence-corrected chi connectivity index (χ2v) is 6.92. The molecule has 1 aromatic carbocycles. The number of rotatable bonds is 8. The Kier molecular flexibility index (Phi) is 8.07. The summed E-state index contributed by atoms with van der Waals surface area (Å²) in [6.07, 6.45) is 1.75. The number of nitro groups is 1. The first kappa shape index (κ1) is 23.3. The third kappa shape index (κ3) is 8.24. The highest BCUT2D eigenvalue weighted by Crippen LogP contribution is 2.24. The molecule has 0 aliphatic rings. The largest absolute Gasteiger partial charge is 0.465 e. The number of benzene rings is 1. The van der Waals surface area contributed by atoms with Crippen molar-refractivity contribution in [3.8, 4) is 0 Å². The van der Waals surface area contributed by atoms with E-state index >= 15 is 0 Å². The van der Waals surface area contributed by atoms with Gasteiger partial charge in [-0.05, 0) is 51.5 Å². The van der Waals surface area contributed by atoms with Gasteiger partial charge in [0.25, 0.3) is 5.69 Å². The fourth-order valence-electron chi connectivity index (χ4n) is 2.19. The van der Waals surface area contributed by atoms with Gasteiger partial charge >= 0.3 is 12.2 Å². The first-order chi connectivity index (χ1) is 13.4. The zero-order valence-electron chi connectivity index (χ0n) is 16.3. The molecule has 0 unspecified atom stereocenters. The molecule has 10 heteroatoms. The number of hydrogen-bond acceptors (Lipinski definition) is 6. The summed E-state index contributed by atoms with van der Waals surface area (Å²) < 4.78 is 5.12.